The van der Waals surface area contributed by atoms with E-state index in [1.165, 1.54) is 36.2 Å². The highest BCUT2D eigenvalue weighted by atomic mass is 32.2. The van der Waals surface area contributed by atoms with E-state index in [4.69, 9.17) is 0 Å². The number of imidazole rings is 1. The number of thioether (sulfide) groups is 1. The van der Waals surface area contributed by atoms with E-state index in [9.17, 15) is 9.59 Å². The molecule has 6 nitrogen and oxygen atoms in total. The molecule has 1 amide bonds. The number of anilines is 1. The summed E-state index contributed by atoms with van der Waals surface area (Å²) in [5.41, 5.74) is 1.61. The summed E-state index contributed by atoms with van der Waals surface area (Å²) >= 11 is 2.67. The maximum atomic E-state index is 12.6. The molecular weight excluding hydrogens is 344 g/mol. The number of amides is 1. The molecule has 0 aliphatic rings. The predicted octanol–water partition coefficient (Wildman–Crippen LogP) is 3.51. The van der Waals surface area contributed by atoms with Crippen LogP contribution in [0, 0.1) is 0 Å². The average Bonchev–Trinajstić information content (AvgIpc) is 3.22. The molecule has 0 spiro atoms. The van der Waals surface area contributed by atoms with Crippen LogP contribution in [0.5, 0.6) is 0 Å². The van der Waals surface area contributed by atoms with Gasteiger partial charge in [0.15, 0.2) is 16.1 Å². The van der Waals surface area contributed by atoms with E-state index in [2.05, 4.69) is 15.3 Å². The van der Waals surface area contributed by atoms with Gasteiger partial charge in [-0.2, -0.15) is 0 Å². The van der Waals surface area contributed by atoms with E-state index < -0.39 is 0 Å². The van der Waals surface area contributed by atoms with Crippen molar-refractivity contribution in [2.24, 2.45) is 0 Å². The van der Waals surface area contributed by atoms with Crippen LogP contribution in [-0.4, -0.2) is 32.5 Å². The third-order valence-electron chi connectivity index (χ3n) is 3.24. The van der Waals surface area contributed by atoms with E-state index in [-0.39, 0.29) is 11.7 Å². The predicted molar refractivity (Wildman–Crippen MR) is 95.4 cm³/mol. The number of nitrogens with one attached hydrogen (secondary N) is 1. The van der Waals surface area contributed by atoms with Crippen LogP contribution >= 0.6 is 23.1 Å². The van der Waals surface area contributed by atoms with Crippen molar-refractivity contribution in [3.05, 3.63) is 53.3 Å². The fraction of sp³-hybridized carbons (Fsp3) is 0.125. The fourth-order valence-corrected chi connectivity index (χ4v) is 3.41. The summed E-state index contributed by atoms with van der Waals surface area (Å²) in [5, 5.41) is 5.46. The molecule has 0 radical (unpaired) electrons. The Morgan fingerprint density at radius 1 is 1.25 bits per heavy atom. The molecule has 2 aromatic heterocycles. The van der Waals surface area contributed by atoms with Gasteiger partial charge >= 0.3 is 0 Å². The topological polar surface area (TPSA) is 76.9 Å². The SMILES string of the molecule is CSc1ncc(C(=O)Nc2nc(C(C)=O)cs2)n1-c1ccccc1. The van der Waals surface area contributed by atoms with Crippen molar-refractivity contribution in [2.45, 2.75) is 12.1 Å². The Morgan fingerprint density at radius 2 is 2.00 bits per heavy atom. The van der Waals surface area contributed by atoms with Gasteiger partial charge in [0.25, 0.3) is 5.91 Å². The molecule has 1 N–H and O–H groups in total. The molecule has 0 saturated carbocycles. The van der Waals surface area contributed by atoms with Crippen molar-refractivity contribution in [2.75, 3.05) is 11.6 Å². The van der Waals surface area contributed by atoms with Crippen molar-refractivity contribution in [1.29, 1.82) is 0 Å². The second kappa shape index (κ2) is 6.98. The number of benzene rings is 1. The van der Waals surface area contributed by atoms with Crippen LogP contribution in [0.4, 0.5) is 5.13 Å². The van der Waals surface area contributed by atoms with Gasteiger partial charge in [-0.1, -0.05) is 30.0 Å². The van der Waals surface area contributed by atoms with Crippen LogP contribution in [0.1, 0.15) is 27.9 Å². The van der Waals surface area contributed by atoms with Crippen molar-refractivity contribution in [3.63, 3.8) is 0 Å². The molecule has 3 rings (SSSR count). The maximum absolute atomic E-state index is 12.6. The van der Waals surface area contributed by atoms with Crippen LogP contribution in [0.25, 0.3) is 5.69 Å². The number of carbonyl (C=O) groups excluding carboxylic acids is 2. The van der Waals surface area contributed by atoms with E-state index in [1.54, 1.807) is 9.95 Å². The van der Waals surface area contributed by atoms with Gasteiger partial charge in [-0.3, -0.25) is 19.5 Å². The molecule has 2 heterocycles. The zero-order valence-electron chi connectivity index (χ0n) is 13.0. The van der Waals surface area contributed by atoms with E-state index in [0.29, 0.717) is 16.5 Å². The quantitative estimate of drug-likeness (QED) is 0.558. The van der Waals surface area contributed by atoms with Gasteiger partial charge < -0.3 is 0 Å². The maximum Gasteiger partial charge on any atom is 0.276 e. The van der Waals surface area contributed by atoms with E-state index in [0.717, 1.165) is 10.8 Å². The first-order valence-corrected chi connectivity index (χ1v) is 9.15. The van der Waals surface area contributed by atoms with Crippen LogP contribution < -0.4 is 5.32 Å². The first-order chi connectivity index (χ1) is 11.6. The number of hydrogen-bond acceptors (Lipinski definition) is 6. The summed E-state index contributed by atoms with van der Waals surface area (Å²) in [6.45, 7) is 1.44. The zero-order valence-corrected chi connectivity index (χ0v) is 14.6. The van der Waals surface area contributed by atoms with Crippen molar-refractivity contribution >= 4 is 39.9 Å². The molecule has 0 atom stereocenters. The summed E-state index contributed by atoms with van der Waals surface area (Å²) in [6.07, 6.45) is 3.44. The first kappa shape index (κ1) is 16.4. The Labute approximate surface area is 147 Å². The number of ketones is 1. The van der Waals surface area contributed by atoms with Crippen LogP contribution in [0.3, 0.4) is 0 Å². The average molecular weight is 358 g/mol. The highest BCUT2D eigenvalue weighted by Gasteiger charge is 2.19. The number of rotatable bonds is 5. The molecule has 122 valence electrons. The number of hydrogen-bond donors (Lipinski definition) is 1. The first-order valence-electron chi connectivity index (χ1n) is 7.05. The van der Waals surface area contributed by atoms with Gasteiger partial charge in [-0.15, -0.1) is 11.3 Å². The minimum Gasteiger partial charge on any atom is -0.296 e. The number of Topliss-reactive ketones (excluding diaryl/α,β-unsaturated/α-hetero) is 1. The smallest absolute Gasteiger partial charge is 0.276 e. The molecule has 0 fully saturated rings. The Morgan fingerprint density at radius 3 is 2.62 bits per heavy atom. The lowest BCUT2D eigenvalue weighted by Crippen LogP contribution is -2.16. The molecule has 0 bridgehead atoms. The zero-order chi connectivity index (χ0) is 17.1. The van der Waals surface area contributed by atoms with Crippen LogP contribution in [-0.2, 0) is 0 Å². The molecule has 1 aromatic carbocycles. The fourth-order valence-electron chi connectivity index (χ4n) is 2.12. The summed E-state index contributed by atoms with van der Waals surface area (Å²) in [5.74, 6) is -0.457. The van der Waals surface area contributed by atoms with Crippen molar-refractivity contribution < 1.29 is 9.59 Å². The minimum absolute atomic E-state index is 0.134. The summed E-state index contributed by atoms with van der Waals surface area (Å²) < 4.78 is 1.79. The molecule has 3 aromatic rings. The largest absolute Gasteiger partial charge is 0.296 e. The normalized spacial score (nSPS) is 10.6. The number of nitrogens with zero attached hydrogens (tertiary/aromatic N) is 3. The lowest BCUT2D eigenvalue weighted by molar-refractivity contribution is 0.100. The number of thiazole rings is 1. The molecule has 0 aliphatic carbocycles. The highest BCUT2D eigenvalue weighted by Crippen LogP contribution is 2.23. The molecule has 0 saturated heterocycles. The standard InChI is InChI=1S/C16H14N4O2S2/c1-10(21)12-9-24-15(18-12)19-14(22)13-8-17-16(23-2)20(13)11-6-4-3-5-7-11/h3-9H,1-2H3,(H,18,19,22). The summed E-state index contributed by atoms with van der Waals surface area (Å²) in [7, 11) is 0. The van der Waals surface area contributed by atoms with Gasteiger partial charge in [0.2, 0.25) is 0 Å². The minimum atomic E-state index is -0.323. The molecule has 8 heteroatoms. The van der Waals surface area contributed by atoms with E-state index >= 15 is 0 Å². The highest BCUT2D eigenvalue weighted by molar-refractivity contribution is 7.98. The second-order valence-corrected chi connectivity index (χ2v) is 6.48. The Hall–Kier alpha value is -2.45. The van der Waals surface area contributed by atoms with Gasteiger partial charge in [-0.05, 0) is 18.4 Å². The lowest BCUT2D eigenvalue weighted by Gasteiger charge is -2.10. The van der Waals surface area contributed by atoms with Gasteiger partial charge in [0, 0.05) is 18.0 Å². The monoisotopic (exact) mass is 358 g/mol. The van der Waals surface area contributed by atoms with Crippen molar-refractivity contribution in [1.82, 2.24) is 14.5 Å². The summed E-state index contributed by atoms with van der Waals surface area (Å²) in [6, 6.07) is 9.55. The van der Waals surface area contributed by atoms with E-state index in [1.807, 2.05) is 36.6 Å². The summed E-state index contributed by atoms with van der Waals surface area (Å²) in [4.78, 5) is 32.3. The third kappa shape index (κ3) is 3.24. The van der Waals surface area contributed by atoms with Gasteiger partial charge in [0.05, 0.1) is 6.20 Å². The van der Waals surface area contributed by atoms with Crippen LogP contribution in [0.15, 0.2) is 47.1 Å². The molecular formula is C16H14N4O2S2. The number of para-hydroxylation sites is 1. The number of aromatic nitrogens is 3. The molecule has 0 unspecified atom stereocenters. The Kier molecular flexibility index (Phi) is 4.77. The van der Waals surface area contributed by atoms with Crippen molar-refractivity contribution in [3.8, 4) is 5.69 Å². The number of carbonyl (C=O) groups is 2. The lowest BCUT2D eigenvalue weighted by atomic mass is 10.3. The second-order valence-electron chi connectivity index (χ2n) is 4.85. The van der Waals surface area contributed by atoms with Crippen LogP contribution in [0.2, 0.25) is 0 Å². The van der Waals surface area contributed by atoms with Gasteiger partial charge in [0.1, 0.15) is 11.4 Å². The Bertz CT molecular complexity index is 887. The van der Waals surface area contributed by atoms with Gasteiger partial charge in [-0.25, -0.2) is 9.97 Å². The Balaban J connectivity index is 1.92. The molecule has 24 heavy (non-hydrogen) atoms. The molecule has 0 aliphatic heterocycles. The third-order valence-corrected chi connectivity index (χ3v) is 4.66.